The SMILES string of the molecule is CN(CCNC(=O)C(F)(F)F)CCNC(=O)C(F)(F)F. The Hall–Kier alpha value is -1.52. The van der Waals surface area contributed by atoms with E-state index in [2.05, 4.69) is 0 Å². The van der Waals surface area contributed by atoms with Crippen LogP contribution in [0, 0.1) is 0 Å². The maximum absolute atomic E-state index is 11.8. The molecule has 5 nitrogen and oxygen atoms in total. The van der Waals surface area contributed by atoms with Crippen molar-refractivity contribution in [2.75, 3.05) is 33.2 Å². The molecule has 0 rings (SSSR count). The third-order valence-electron chi connectivity index (χ3n) is 2.07. The van der Waals surface area contributed by atoms with Gasteiger partial charge in [0, 0.05) is 26.2 Å². The quantitative estimate of drug-likeness (QED) is 0.693. The lowest BCUT2D eigenvalue weighted by Crippen LogP contribution is -2.43. The number of hydrogen-bond donors (Lipinski definition) is 2. The van der Waals surface area contributed by atoms with Crippen LogP contribution >= 0.6 is 0 Å². The number of nitrogens with zero attached hydrogens (tertiary/aromatic N) is 1. The summed E-state index contributed by atoms with van der Waals surface area (Å²) in [5.41, 5.74) is 0. The lowest BCUT2D eigenvalue weighted by Gasteiger charge is -2.17. The highest BCUT2D eigenvalue weighted by molar-refractivity contribution is 5.81. The van der Waals surface area contributed by atoms with E-state index >= 15 is 0 Å². The molecular formula is C9H13F6N3O2. The van der Waals surface area contributed by atoms with Crippen LogP contribution in [0.5, 0.6) is 0 Å². The van der Waals surface area contributed by atoms with Crippen LogP contribution in [0.1, 0.15) is 0 Å². The first kappa shape index (κ1) is 18.5. The van der Waals surface area contributed by atoms with Gasteiger partial charge < -0.3 is 15.5 Å². The fourth-order valence-corrected chi connectivity index (χ4v) is 1.03. The molecule has 0 aliphatic rings. The van der Waals surface area contributed by atoms with E-state index in [4.69, 9.17) is 0 Å². The third-order valence-corrected chi connectivity index (χ3v) is 2.07. The van der Waals surface area contributed by atoms with Crippen LogP contribution in [-0.4, -0.2) is 62.3 Å². The number of amides is 2. The van der Waals surface area contributed by atoms with E-state index in [-0.39, 0.29) is 26.2 Å². The predicted octanol–water partition coefficient (Wildman–Crippen LogP) is 0.275. The maximum Gasteiger partial charge on any atom is 0.471 e. The third kappa shape index (κ3) is 7.81. The second-order valence-corrected chi connectivity index (χ2v) is 3.81. The molecule has 2 amide bonds. The molecule has 0 aromatic rings. The molecule has 0 aliphatic heterocycles. The lowest BCUT2D eigenvalue weighted by molar-refractivity contribution is -0.173. The standard InChI is InChI=1S/C9H13F6N3O2/c1-18(4-2-16-6(19)8(10,11)12)5-3-17-7(20)9(13,14)15/h2-5H2,1H3,(H,16,19)(H,17,20). The zero-order valence-corrected chi connectivity index (χ0v) is 10.4. The van der Waals surface area contributed by atoms with E-state index < -0.39 is 24.2 Å². The first-order valence-electron chi connectivity index (χ1n) is 5.33. The highest BCUT2D eigenvalue weighted by Crippen LogP contribution is 2.14. The molecule has 0 radical (unpaired) electrons. The molecule has 0 aromatic heterocycles. The Balaban J connectivity index is 3.78. The van der Waals surface area contributed by atoms with Gasteiger partial charge in [0.15, 0.2) is 0 Å². The number of carbonyl (C=O) groups excluding carboxylic acids is 2. The molecule has 2 N–H and O–H groups in total. The Morgan fingerprint density at radius 1 is 0.850 bits per heavy atom. The molecule has 0 atom stereocenters. The molecule has 0 saturated heterocycles. The van der Waals surface area contributed by atoms with Gasteiger partial charge in [0.2, 0.25) is 0 Å². The minimum atomic E-state index is -4.97. The van der Waals surface area contributed by atoms with Crippen molar-refractivity contribution in [3.8, 4) is 0 Å². The van der Waals surface area contributed by atoms with Gasteiger partial charge in [-0.1, -0.05) is 0 Å². The van der Waals surface area contributed by atoms with Gasteiger partial charge in [0.05, 0.1) is 0 Å². The Kier molecular flexibility index (Phi) is 6.76. The topological polar surface area (TPSA) is 61.4 Å². The smallest absolute Gasteiger partial charge is 0.347 e. The minimum absolute atomic E-state index is 0.0102. The second-order valence-electron chi connectivity index (χ2n) is 3.81. The summed E-state index contributed by atoms with van der Waals surface area (Å²) in [6.45, 7) is -0.655. The number of likely N-dealkylation sites (N-methyl/N-ethyl adjacent to an activating group) is 1. The summed E-state index contributed by atoms with van der Waals surface area (Å²) in [5, 5.41) is 3.21. The highest BCUT2D eigenvalue weighted by Gasteiger charge is 2.38. The number of alkyl halides is 6. The van der Waals surface area contributed by atoms with Crippen LogP contribution in [0.3, 0.4) is 0 Å². The van der Waals surface area contributed by atoms with E-state index in [1.807, 2.05) is 0 Å². The van der Waals surface area contributed by atoms with Crippen LogP contribution < -0.4 is 10.6 Å². The summed E-state index contributed by atoms with van der Waals surface area (Å²) >= 11 is 0. The van der Waals surface area contributed by atoms with Gasteiger partial charge in [-0.25, -0.2) is 0 Å². The van der Waals surface area contributed by atoms with E-state index in [0.717, 1.165) is 0 Å². The van der Waals surface area contributed by atoms with Gasteiger partial charge in [-0.3, -0.25) is 9.59 Å². The van der Waals surface area contributed by atoms with Crippen molar-refractivity contribution in [3.05, 3.63) is 0 Å². The van der Waals surface area contributed by atoms with Gasteiger partial charge in [-0.05, 0) is 7.05 Å². The normalized spacial score (nSPS) is 12.4. The number of halogens is 6. The van der Waals surface area contributed by atoms with Crippen molar-refractivity contribution in [2.45, 2.75) is 12.4 Å². The van der Waals surface area contributed by atoms with Crippen LogP contribution in [0.2, 0.25) is 0 Å². The molecular weight excluding hydrogens is 296 g/mol. The molecule has 118 valence electrons. The number of rotatable bonds is 6. The van der Waals surface area contributed by atoms with Crippen LogP contribution in [0.25, 0.3) is 0 Å². The van der Waals surface area contributed by atoms with E-state index in [0.29, 0.717) is 0 Å². The van der Waals surface area contributed by atoms with E-state index in [1.165, 1.54) is 11.9 Å². The summed E-state index contributed by atoms with van der Waals surface area (Å²) in [4.78, 5) is 22.2. The molecule has 0 heterocycles. The summed E-state index contributed by atoms with van der Waals surface area (Å²) in [6.07, 6.45) is -9.95. The molecule has 11 heteroatoms. The fourth-order valence-electron chi connectivity index (χ4n) is 1.03. The Bertz CT molecular complexity index is 310. The summed E-state index contributed by atoms with van der Waals surface area (Å²) < 4.78 is 70.8. The number of nitrogens with one attached hydrogen (secondary N) is 2. The van der Waals surface area contributed by atoms with Crippen LogP contribution in [0.4, 0.5) is 26.3 Å². The Morgan fingerprint density at radius 3 is 1.40 bits per heavy atom. The second kappa shape index (κ2) is 7.31. The predicted molar refractivity (Wildman–Crippen MR) is 55.6 cm³/mol. The maximum atomic E-state index is 11.8. The molecule has 0 saturated carbocycles. The number of carbonyl (C=O) groups is 2. The first-order chi connectivity index (χ1) is 8.94. The van der Waals surface area contributed by atoms with Crippen LogP contribution in [0.15, 0.2) is 0 Å². The molecule has 0 bridgehead atoms. The van der Waals surface area contributed by atoms with Gasteiger partial charge in [-0.15, -0.1) is 0 Å². The van der Waals surface area contributed by atoms with Crippen molar-refractivity contribution in [1.29, 1.82) is 0 Å². The minimum Gasteiger partial charge on any atom is -0.347 e. The van der Waals surface area contributed by atoms with Crippen molar-refractivity contribution < 1.29 is 35.9 Å². The van der Waals surface area contributed by atoms with Gasteiger partial charge in [0.25, 0.3) is 0 Å². The van der Waals surface area contributed by atoms with Gasteiger partial charge in [0.1, 0.15) is 0 Å². The van der Waals surface area contributed by atoms with Gasteiger partial charge in [-0.2, -0.15) is 26.3 Å². The Morgan fingerprint density at radius 2 is 1.15 bits per heavy atom. The largest absolute Gasteiger partial charge is 0.471 e. The van der Waals surface area contributed by atoms with E-state index in [9.17, 15) is 35.9 Å². The summed E-state index contributed by atoms with van der Waals surface area (Å²) in [7, 11) is 1.42. The van der Waals surface area contributed by atoms with Crippen molar-refractivity contribution >= 4 is 11.8 Å². The summed E-state index contributed by atoms with van der Waals surface area (Å²) in [5.74, 6) is -4.17. The van der Waals surface area contributed by atoms with Crippen molar-refractivity contribution in [3.63, 3.8) is 0 Å². The Labute approximate surface area is 110 Å². The van der Waals surface area contributed by atoms with Gasteiger partial charge >= 0.3 is 24.2 Å². The average Bonchev–Trinajstić information content (AvgIpc) is 2.26. The molecule has 0 unspecified atom stereocenters. The van der Waals surface area contributed by atoms with Crippen LogP contribution in [-0.2, 0) is 9.59 Å². The molecule has 0 aromatic carbocycles. The molecule has 0 aliphatic carbocycles. The zero-order chi connectivity index (χ0) is 16.0. The molecule has 0 spiro atoms. The highest BCUT2D eigenvalue weighted by atomic mass is 19.4. The zero-order valence-electron chi connectivity index (χ0n) is 10.4. The molecule has 0 fully saturated rings. The average molecular weight is 309 g/mol. The molecule has 20 heavy (non-hydrogen) atoms. The number of hydrogen-bond acceptors (Lipinski definition) is 3. The monoisotopic (exact) mass is 309 g/mol. The van der Waals surface area contributed by atoms with E-state index in [1.54, 1.807) is 10.6 Å². The fraction of sp³-hybridized carbons (Fsp3) is 0.778. The first-order valence-corrected chi connectivity index (χ1v) is 5.33. The van der Waals surface area contributed by atoms with Crippen molar-refractivity contribution in [1.82, 2.24) is 15.5 Å². The lowest BCUT2D eigenvalue weighted by atomic mass is 10.4. The van der Waals surface area contributed by atoms with Crippen molar-refractivity contribution in [2.24, 2.45) is 0 Å². The summed E-state index contributed by atoms with van der Waals surface area (Å²) in [6, 6.07) is 0.